The van der Waals surface area contributed by atoms with E-state index in [2.05, 4.69) is 10.6 Å². The Morgan fingerprint density at radius 1 is 1.25 bits per heavy atom. The average Bonchev–Trinajstić information content (AvgIpc) is 2.54. The lowest BCUT2D eigenvalue weighted by Gasteiger charge is -2.28. The standard InChI is InChI=1S/C17H23ClN2O4/c1-17(24,13-4-2-3-5-14(13)18)10-19-16(23)20-12-8-6-11(7-9-12)15(21)22/h2-5,11-12,24H,6-10H2,1H3,(H,21,22)(H2,19,20,23). The summed E-state index contributed by atoms with van der Waals surface area (Å²) in [4.78, 5) is 22.9. The number of hydrogen-bond donors (Lipinski definition) is 4. The number of nitrogens with one attached hydrogen (secondary N) is 2. The Kier molecular flexibility index (Phi) is 6.07. The summed E-state index contributed by atoms with van der Waals surface area (Å²) in [5.74, 6) is -1.08. The number of urea groups is 1. The lowest BCUT2D eigenvalue weighted by Crippen LogP contribution is -2.47. The van der Waals surface area contributed by atoms with Crippen molar-refractivity contribution in [2.75, 3.05) is 6.54 Å². The molecule has 0 aliphatic heterocycles. The third-order valence-corrected chi connectivity index (χ3v) is 4.79. The molecule has 1 saturated carbocycles. The van der Waals surface area contributed by atoms with Crippen LogP contribution in [0.25, 0.3) is 0 Å². The molecule has 7 heteroatoms. The zero-order valence-electron chi connectivity index (χ0n) is 13.6. The molecular formula is C17H23ClN2O4. The molecule has 0 saturated heterocycles. The number of aliphatic carboxylic acids is 1. The first-order chi connectivity index (χ1) is 11.3. The molecule has 6 nitrogen and oxygen atoms in total. The normalized spacial score (nSPS) is 23.1. The molecule has 0 heterocycles. The predicted octanol–water partition coefficient (Wildman–Crippen LogP) is 2.49. The Morgan fingerprint density at radius 3 is 2.46 bits per heavy atom. The summed E-state index contributed by atoms with van der Waals surface area (Å²) in [7, 11) is 0. The van der Waals surface area contributed by atoms with E-state index in [1.807, 2.05) is 0 Å². The number of benzene rings is 1. The highest BCUT2D eigenvalue weighted by molar-refractivity contribution is 6.31. The SMILES string of the molecule is CC(O)(CNC(=O)NC1CCC(C(=O)O)CC1)c1ccccc1Cl. The maximum Gasteiger partial charge on any atom is 0.315 e. The molecule has 0 radical (unpaired) electrons. The Hall–Kier alpha value is -1.79. The van der Waals surface area contributed by atoms with Crippen molar-refractivity contribution in [2.45, 2.75) is 44.2 Å². The van der Waals surface area contributed by atoms with E-state index in [1.54, 1.807) is 31.2 Å². The van der Waals surface area contributed by atoms with Crippen LogP contribution in [-0.4, -0.2) is 34.8 Å². The summed E-state index contributed by atoms with van der Waals surface area (Å²) < 4.78 is 0. The van der Waals surface area contributed by atoms with E-state index < -0.39 is 11.6 Å². The molecule has 1 aliphatic carbocycles. The van der Waals surface area contributed by atoms with Crippen molar-refractivity contribution in [1.82, 2.24) is 10.6 Å². The highest BCUT2D eigenvalue weighted by Gasteiger charge is 2.28. The van der Waals surface area contributed by atoms with Crippen LogP contribution in [0.2, 0.25) is 5.02 Å². The fraction of sp³-hybridized carbons (Fsp3) is 0.529. The average molecular weight is 355 g/mol. The molecule has 1 unspecified atom stereocenters. The van der Waals surface area contributed by atoms with Crippen LogP contribution in [0.4, 0.5) is 4.79 Å². The smallest absolute Gasteiger partial charge is 0.315 e. The van der Waals surface area contributed by atoms with Crippen molar-refractivity contribution in [3.8, 4) is 0 Å². The maximum absolute atomic E-state index is 12.0. The molecule has 1 aromatic rings. The minimum Gasteiger partial charge on any atom is -0.481 e. The molecular weight excluding hydrogens is 332 g/mol. The van der Waals surface area contributed by atoms with E-state index in [4.69, 9.17) is 16.7 Å². The van der Waals surface area contributed by atoms with Gasteiger partial charge in [0.25, 0.3) is 0 Å². The van der Waals surface area contributed by atoms with Crippen molar-refractivity contribution in [1.29, 1.82) is 0 Å². The molecule has 2 rings (SSSR count). The second kappa shape index (κ2) is 7.85. The predicted molar refractivity (Wildman–Crippen MR) is 90.9 cm³/mol. The summed E-state index contributed by atoms with van der Waals surface area (Å²) in [6.07, 6.45) is 2.42. The lowest BCUT2D eigenvalue weighted by atomic mass is 9.86. The zero-order chi connectivity index (χ0) is 17.7. The van der Waals surface area contributed by atoms with Gasteiger partial charge in [-0.2, -0.15) is 0 Å². The van der Waals surface area contributed by atoms with Gasteiger partial charge in [-0.1, -0.05) is 29.8 Å². The van der Waals surface area contributed by atoms with Gasteiger partial charge in [0, 0.05) is 16.6 Å². The van der Waals surface area contributed by atoms with Crippen LogP contribution >= 0.6 is 11.6 Å². The van der Waals surface area contributed by atoms with Crippen molar-refractivity contribution in [3.63, 3.8) is 0 Å². The van der Waals surface area contributed by atoms with Gasteiger partial charge in [-0.3, -0.25) is 4.79 Å². The number of amides is 2. The molecule has 1 atom stereocenters. The Bertz CT molecular complexity index is 598. The minimum atomic E-state index is -1.28. The van der Waals surface area contributed by atoms with Gasteiger partial charge in [0.1, 0.15) is 5.60 Å². The highest BCUT2D eigenvalue weighted by Crippen LogP contribution is 2.27. The van der Waals surface area contributed by atoms with E-state index >= 15 is 0 Å². The van der Waals surface area contributed by atoms with E-state index in [1.165, 1.54) is 0 Å². The summed E-state index contributed by atoms with van der Waals surface area (Å²) in [5.41, 5.74) is -0.731. The first kappa shape index (κ1) is 18.5. The summed E-state index contributed by atoms with van der Waals surface area (Å²) in [5, 5.41) is 25.4. The van der Waals surface area contributed by atoms with Crippen LogP contribution in [0.3, 0.4) is 0 Å². The van der Waals surface area contributed by atoms with Crippen LogP contribution in [0.1, 0.15) is 38.2 Å². The van der Waals surface area contributed by atoms with Crippen LogP contribution in [-0.2, 0) is 10.4 Å². The number of carboxylic acids is 1. The second-order valence-corrected chi connectivity index (χ2v) is 6.87. The monoisotopic (exact) mass is 354 g/mol. The number of carbonyl (C=O) groups is 2. The molecule has 1 fully saturated rings. The van der Waals surface area contributed by atoms with E-state index in [0.717, 1.165) is 0 Å². The topological polar surface area (TPSA) is 98.7 Å². The van der Waals surface area contributed by atoms with Gasteiger partial charge in [0.15, 0.2) is 0 Å². The van der Waals surface area contributed by atoms with Gasteiger partial charge in [0.2, 0.25) is 0 Å². The van der Waals surface area contributed by atoms with E-state index in [9.17, 15) is 14.7 Å². The first-order valence-electron chi connectivity index (χ1n) is 8.04. The molecule has 2 amide bonds. The van der Waals surface area contributed by atoms with Gasteiger partial charge in [-0.15, -0.1) is 0 Å². The van der Waals surface area contributed by atoms with Gasteiger partial charge in [-0.05, 0) is 38.7 Å². The maximum atomic E-state index is 12.0. The van der Waals surface area contributed by atoms with Crippen molar-refractivity contribution >= 4 is 23.6 Å². The fourth-order valence-corrected chi connectivity index (χ4v) is 3.31. The van der Waals surface area contributed by atoms with Crippen LogP contribution < -0.4 is 10.6 Å². The molecule has 0 bridgehead atoms. The Morgan fingerprint density at radius 2 is 1.88 bits per heavy atom. The Balaban J connectivity index is 1.81. The number of hydrogen-bond acceptors (Lipinski definition) is 3. The number of rotatable bonds is 5. The molecule has 132 valence electrons. The highest BCUT2D eigenvalue weighted by atomic mass is 35.5. The number of halogens is 1. The molecule has 0 aromatic heterocycles. The van der Waals surface area contributed by atoms with Gasteiger partial charge in [-0.25, -0.2) is 4.79 Å². The number of carboxylic acid groups (broad SMARTS) is 1. The van der Waals surface area contributed by atoms with E-state index in [-0.39, 0.29) is 24.5 Å². The van der Waals surface area contributed by atoms with Gasteiger partial charge < -0.3 is 20.8 Å². The Labute approximate surface area is 146 Å². The largest absolute Gasteiger partial charge is 0.481 e. The summed E-state index contributed by atoms with van der Waals surface area (Å²) in [6, 6.07) is 6.54. The first-order valence-corrected chi connectivity index (χ1v) is 8.42. The fourth-order valence-electron chi connectivity index (χ4n) is 2.97. The lowest BCUT2D eigenvalue weighted by molar-refractivity contribution is -0.142. The molecule has 0 spiro atoms. The zero-order valence-corrected chi connectivity index (χ0v) is 14.3. The minimum absolute atomic E-state index is 0.0209. The quantitative estimate of drug-likeness (QED) is 0.652. The van der Waals surface area contributed by atoms with Crippen LogP contribution in [0.15, 0.2) is 24.3 Å². The molecule has 1 aromatic carbocycles. The van der Waals surface area contributed by atoms with Crippen molar-refractivity contribution < 1.29 is 19.8 Å². The molecule has 24 heavy (non-hydrogen) atoms. The molecule has 1 aliphatic rings. The summed E-state index contributed by atoms with van der Waals surface area (Å²) in [6.45, 7) is 1.61. The number of aliphatic hydroxyl groups is 1. The summed E-state index contributed by atoms with van der Waals surface area (Å²) >= 11 is 6.08. The second-order valence-electron chi connectivity index (χ2n) is 6.47. The van der Waals surface area contributed by atoms with Gasteiger partial charge in [0.05, 0.1) is 12.5 Å². The van der Waals surface area contributed by atoms with Gasteiger partial charge >= 0.3 is 12.0 Å². The van der Waals surface area contributed by atoms with Crippen molar-refractivity contribution in [3.05, 3.63) is 34.9 Å². The van der Waals surface area contributed by atoms with Crippen LogP contribution in [0.5, 0.6) is 0 Å². The third kappa shape index (κ3) is 4.85. The van der Waals surface area contributed by atoms with Crippen molar-refractivity contribution in [2.24, 2.45) is 5.92 Å². The third-order valence-electron chi connectivity index (χ3n) is 4.46. The van der Waals surface area contributed by atoms with Crippen LogP contribution in [0, 0.1) is 5.92 Å². The molecule has 4 N–H and O–H groups in total. The number of carbonyl (C=O) groups excluding carboxylic acids is 1. The van der Waals surface area contributed by atoms with E-state index in [0.29, 0.717) is 36.3 Å².